The SMILES string of the molecule is Cc1c(NN)nc(C(C)C)nc1NC1CCC(O)CC1. The summed E-state index contributed by atoms with van der Waals surface area (Å²) in [5.74, 6) is 8.08. The van der Waals surface area contributed by atoms with E-state index in [9.17, 15) is 5.11 Å². The van der Waals surface area contributed by atoms with E-state index in [4.69, 9.17) is 5.84 Å². The molecule has 0 unspecified atom stereocenters. The number of aliphatic hydroxyl groups excluding tert-OH is 1. The maximum Gasteiger partial charge on any atom is 0.148 e. The number of hydrazine groups is 1. The molecule has 1 aromatic heterocycles. The van der Waals surface area contributed by atoms with Crippen LogP contribution in [0.2, 0.25) is 0 Å². The van der Waals surface area contributed by atoms with Crippen molar-refractivity contribution >= 4 is 11.6 Å². The van der Waals surface area contributed by atoms with Gasteiger partial charge in [-0.15, -0.1) is 0 Å². The van der Waals surface area contributed by atoms with Crippen molar-refractivity contribution in [1.82, 2.24) is 9.97 Å². The quantitative estimate of drug-likeness (QED) is 0.496. The molecule has 0 atom stereocenters. The molecule has 0 bridgehead atoms. The number of nitrogens with zero attached hydrogens (tertiary/aromatic N) is 2. The summed E-state index contributed by atoms with van der Waals surface area (Å²) in [4.78, 5) is 9.04. The lowest BCUT2D eigenvalue weighted by molar-refractivity contribution is 0.126. The van der Waals surface area contributed by atoms with E-state index in [2.05, 4.69) is 34.6 Å². The number of aliphatic hydroxyl groups is 1. The molecule has 20 heavy (non-hydrogen) atoms. The standard InChI is InChI=1S/C14H25N5O/c1-8(2)12-17-13(9(3)14(18-12)19-15)16-10-4-6-11(20)7-5-10/h8,10-11,20H,4-7,15H2,1-3H3,(H2,16,17,18,19). The van der Waals surface area contributed by atoms with Gasteiger partial charge < -0.3 is 15.8 Å². The second kappa shape index (κ2) is 6.37. The van der Waals surface area contributed by atoms with Gasteiger partial charge in [-0.1, -0.05) is 13.8 Å². The zero-order chi connectivity index (χ0) is 14.7. The van der Waals surface area contributed by atoms with Gasteiger partial charge in [-0.3, -0.25) is 0 Å². The number of nitrogen functional groups attached to an aromatic ring is 1. The molecule has 1 aliphatic rings. The third-order valence-electron chi connectivity index (χ3n) is 3.85. The van der Waals surface area contributed by atoms with E-state index in [1.807, 2.05) is 6.92 Å². The van der Waals surface area contributed by atoms with E-state index in [0.717, 1.165) is 42.9 Å². The molecular weight excluding hydrogens is 254 g/mol. The fourth-order valence-electron chi connectivity index (χ4n) is 2.49. The molecular formula is C14H25N5O. The Hall–Kier alpha value is -1.40. The molecule has 0 aliphatic heterocycles. The second-order valence-corrected chi connectivity index (χ2v) is 5.85. The Morgan fingerprint density at radius 2 is 1.75 bits per heavy atom. The van der Waals surface area contributed by atoms with Gasteiger partial charge in [-0.2, -0.15) is 0 Å². The summed E-state index contributed by atoms with van der Waals surface area (Å²) in [5, 5.41) is 13.0. The highest BCUT2D eigenvalue weighted by atomic mass is 16.3. The maximum absolute atomic E-state index is 9.57. The number of hydrogen-bond acceptors (Lipinski definition) is 6. The zero-order valence-electron chi connectivity index (χ0n) is 12.5. The van der Waals surface area contributed by atoms with Gasteiger partial charge in [0.15, 0.2) is 0 Å². The number of anilines is 2. The van der Waals surface area contributed by atoms with Gasteiger partial charge in [0.1, 0.15) is 17.5 Å². The Morgan fingerprint density at radius 1 is 1.15 bits per heavy atom. The fourth-order valence-corrected chi connectivity index (χ4v) is 2.49. The van der Waals surface area contributed by atoms with Crippen molar-refractivity contribution in [2.24, 2.45) is 5.84 Å². The molecule has 2 rings (SSSR count). The predicted molar refractivity (Wildman–Crippen MR) is 80.6 cm³/mol. The van der Waals surface area contributed by atoms with Gasteiger partial charge >= 0.3 is 0 Å². The average Bonchev–Trinajstić information content (AvgIpc) is 2.43. The lowest BCUT2D eigenvalue weighted by Crippen LogP contribution is -2.29. The molecule has 0 spiro atoms. The van der Waals surface area contributed by atoms with Crippen molar-refractivity contribution < 1.29 is 5.11 Å². The molecule has 6 heteroatoms. The molecule has 0 aromatic carbocycles. The normalized spacial score (nSPS) is 22.9. The monoisotopic (exact) mass is 279 g/mol. The molecule has 1 heterocycles. The molecule has 1 aromatic rings. The second-order valence-electron chi connectivity index (χ2n) is 5.85. The summed E-state index contributed by atoms with van der Waals surface area (Å²) < 4.78 is 0. The highest BCUT2D eigenvalue weighted by molar-refractivity contribution is 5.57. The van der Waals surface area contributed by atoms with Crippen LogP contribution in [0.1, 0.15) is 56.8 Å². The molecule has 0 saturated heterocycles. The molecule has 1 aliphatic carbocycles. The predicted octanol–water partition coefficient (Wildman–Crippen LogP) is 1.91. The Balaban J connectivity index is 2.19. The van der Waals surface area contributed by atoms with Crippen LogP contribution < -0.4 is 16.6 Å². The minimum absolute atomic E-state index is 0.146. The Bertz CT molecular complexity index is 455. The van der Waals surface area contributed by atoms with Crippen LogP contribution in [0, 0.1) is 6.92 Å². The highest BCUT2D eigenvalue weighted by Gasteiger charge is 2.21. The molecule has 1 fully saturated rings. The lowest BCUT2D eigenvalue weighted by atomic mass is 9.93. The Kier molecular flexibility index (Phi) is 4.77. The van der Waals surface area contributed by atoms with Crippen LogP contribution in [0.3, 0.4) is 0 Å². The van der Waals surface area contributed by atoms with Gasteiger partial charge in [0.25, 0.3) is 0 Å². The summed E-state index contributed by atoms with van der Waals surface area (Å²) in [6.07, 6.45) is 3.48. The number of aromatic nitrogens is 2. The first-order valence-electron chi connectivity index (χ1n) is 7.31. The number of nitrogens with one attached hydrogen (secondary N) is 2. The van der Waals surface area contributed by atoms with E-state index in [-0.39, 0.29) is 12.0 Å². The first-order valence-corrected chi connectivity index (χ1v) is 7.31. The maximum atomic E-state index is 9.57. The third kappa shape index (κ3) is 3.37. The van der Waals surface area contributed by atoms with E-state index < -0.39 is 0 Å². The van der Waals surface area contributed by atoms with Crippen LogP contribution in [0.25, 0.3) is 0 Å². The van der Waals surface area contributed by atoms with Gasteiger partial charge in [0.2, 0.25) is 0 Å². The van der Waals surface area contributed by atoms with E-state index in [0.29, 0.717) is 11.9 Å². The number of rotatable bonds is 4. The lowest BCUT2D eigenvalue weighted by Gasteiger charge is -2.27. The van der Waals surface area contributed by atoms with E-state index in [1.165, 1.54) is 0 Å². The topological polar surface area (TPSA) is 96.1 Å². The van der Waals surface area contributed by atoms with E-state index >= 15 is 0 Å². The van der Waals surface area contributed by atoms with Gasteiger partial charge in [-0.25, -0.2) is 15.8 Å². The van der Waals surface area contributed by atoms with Crippen LogP contribution in [0.4, 0.5) is 11.6 Å². The molecule has 0 radical (unpaired) electrons. The minimum Gasteiger partial charge on any atom is -0.393 e. The van der Waals surface area contributed by atoms with Crippen molar-refractivity contribution in [3.8, 4) is 0 Å². The third-order valence-corrected chi connectivity index (χ3v) is 3.85. The molecule has 112 valence electrons. The number of hydrogen-bond donors (Lipinski definition) is 4. The largest absolute Gasteiger partial charge is 0.393 e. The molecule has 0 amide bonds. The first-order chi connectivity index (χ1) is 9.51. The molecule has 5 N–H and O–H groups in total. The summed E-state index contributed by atoms with van der Waals surface area (Å²) >= 11 is 0. The van der Waals surface area contributed by atoms with Crippen LogP contribution >= 0.6 is 0 Å². The van der Waals surface area contributed by atoms with Crippen LogP contribution in [0.5, 0.6) is 0 Å². The highest BCUT2D eigenvalue weighted by Crippen LogP contribution is 2.26. The Morgan fingerprint density at radius 3 is 2.30 bits per heavy atom. The van der Waals surface area contributed by atoms with E-state index in [1.54, 1.807) is 0 Å². The van der Waals surface area contributed by atoms with Gasteiger partial charge in [0, 0.05) is 17.5 Å². The van der Waals surface area contributed by atoms with Crippen molar-refractivity contribution in [2.45, 2.75) is 64.5 Å². The summed E-state index contributed by atoms with van der Waals surface area (Å²) in [7, 11) is 0. The van der Waals surface area contributed by atoms with Gasteiger partial charge in [-0.05, 0) is 32.6 Å². The molecule has 6 nitrogen and oxygen atoms in total. The van der Waals surface area contributed by atoms with Crippen molar-refractivity contribution in [2.75, 3.05) is 10.7 Å². The van der Waals surface area contributed by atoms with Crippen LogP contribution in [0.15, 0.2) is 0 Å². The van der Waals surface area contributed by atoms with Crippen molar-refractivity contribution in [1.29, 1.82) is 0 Å². The zero-order valence-corrected chi connectivity index (χ0v) is 12.5. The summed E-state index contributed by atoms with van der Waals surface area (Å²) in [5.41, 5.74) is 3.58. The smallest absolute Gasteiger partial charge is 0.148 e. The summed E-state index contributed by atoms with van der Waals surface area (Å²) in [6.45, 7) is 6.08. The van der Waals surface area contributed by atoms with Crippen LogP contribution in [-0.4, -0.2) is 27.2 Å². The summed E-state index contributed by atoms with van der Waals surface area (Å²) in [6, 6.07) is 0.359. The first kappa shape index (κ1) is 15.0. The van der Waals surface area contributed by atoms with Crippen molar-refractivity contribution in [3.63, 3.8) is 0 Å². The fraction of sp³-hybridized carbons (Fsp3) is 0.714. The Labute approximate surface area is 120 Å². The molecule has 1 saturated carbocycles. The average molecular weight is 279 g/mol. The number of nitrogens with two attached hydrogens (primary N) is 1. The van der Waals surface area contributed by atoms with Crippen molar-refractivity contribution in [3.05, 3.63) is 11.4 Å². The van der Waals surface area contributed by atoms with Crippen LogP contribution in [-0.2, 0) is 0 Å². The minimum atomic E-state index is -0.146. The van der Waals surface area contributed by atoms with Gasteiger partial charge in [0.05, 0.1) is 6.10 Å².